The highest BCUT2D eigenvalue weighted by Crippen LogP contribution is 2.33. The van der Waals surface area contributed by atoms with Gasteiger partial charge >= 0.3 is 0 Å². The molecule has 2 aromatic carbocycles. The van der Waals surface area contributed by atoms with Gasteiger partial charge in [-0.25, -0.2) is 4.98 Å². The average molecular weight is 335 g/mol. The van der Waals surface area contributed by atoms with Gasteiger partial charge < -0.3 is 14.0 Å². The van der Waals surface area contributed by atoms with Crippen molar-refractivity contribution in [2.75, 3.05) is 14.2 Å². The number of aromatic nitrogens is 2. The van der Waals surface area contributed by atoms with Crippen molar-refractivity contribution >= 4 is 11.0 Å². The average Bonchev–Trinajstić information content (AvgIpc) is 2.97. The molecular formula is C20H21N3O2. The number of hydrogen-bond donors (Lipinski definition) is 0. The van der Waals surface area contributed by atoms with Gasteiger partial charge in [0.15, 0.2) is 11.5 Å². The van der Waals surface area contributed by atoms with Gasteiger partial charge in [0, 0.05) is 18.6 Å². The summed E-state index contributed by atoms with van der Waals surface area (Å²) in [6.45, 7) is 2.74. The first-order chi connectivity index (χ1) is 12.2. The van der Waals surface area contributed by atoms with Gasteiger partial charge in [-0.3, -0.25) is 0 Å². The molecule has 1 aromatic heterocycles. The minimum atomic E-state index is 0.602. The Hall–Kier alpha value is -3.00. The minimum absolute atomic E-state index is 0.602. The predicted molar refractivity (Wildman–Crippen MR) is 97.1 cm³/mol. The highest BCUT2D eigenvalue weighted by atomic mass is 16.5. The standard InChI is InChI=1S/C20H21N3O2/c1-4-7-20-22-16-10-18(24-2)19(25-3)11-17(16)23(20)13-15-9-6-5-8-14(15)12-21/h5-6,8-11H,4,7,13H2,1-3H3. The van der Waals surface area contributed by atoms with Gasteiger partial charge in [-0.15, -0.1) is 0 Å². The molecule has 0 fully saturated rings. The number of nitrogens with zero attached hydrogens (tertiary/aromatic N) is 3. The second-order valence-corrected chi connectivity index (χ2v) is 5.83. The molecule has 25 heavy (non-hydrogen) atoms. The molecule has 0 aliphatic rings. The number of fused-ring (bicyclic) bond motifs is 1. The fourth-order valence-electron chi connectivity index (χ4n) is 3.03. The van der Waals surface area contributed by atoms with Crippen LogP contribution in [0.2, 0.25) is 0 Å². The van der Waals surface area contributed by atoms with E-state index in [-0.39, 0.29) is 0 Å². The summed E-state index contributed by atoms with van der Waals surface area (Å²) in [6, 6.07) is 13.8. The minimum Gasteiger partial charge on any atom is -0.493 e. The summed E-state index contributed by atoms with van der Waals surface area (Å²) in [7, 11) is 3.25. The molecule has 0 unspecified atom stereocenters. The van der Waals surface area contributed by atoms with Gasteiger partial charge in [0.2, 0.25) is 0 Å². The van der Waals surface area contributed by atoms with E-state index in [0.717, 1.165) is 35.3 Å². The number of rotatable bonds is 6. The second kappa shape index (κ2) is 7.27. The van der Waals surface area contributed by atoms with Crippen LogP contribution < -0.4 is 9.47 Å². The van der Waals surface area contributed by atoms with Crippen LogP contribution in [0.3, 0.4) is 0 Å². The van der Waals surface area contributed by atoms with Crippen molar-refractivity contribution in [1.29, 1.82) is 5.26 Å². The van der Waals surface area contributed by atoms with Crippen molar-refractivity contribution in [2.24, 2.45) is 0 Å². The molecule has 1 heterocycles. The molecule has 0 radical (unpaired) electrons. The van der Waals surface area contributed by atoms with Gasteiger partial charge in [-0.1, -0.05) is 25.1 Å². The SMILES string of the molecule is CCCc1nc2cc(OC)c(OC)cc2n1Cc1ccccc1C#N. The summed E-state index contributed by atoms with van der Waals surface area (Å²) in [4.78, 5) is 4.78. The van der Waals surface area contributed by atoms with Crippen molar-refractivity contribution in [2.45, 2.75) is 26.3 Å². The van der Waals surface area contributed by atoms with E-state index in [9.17, 15) is 5.26 Å². The zero-order valence-electron chi connectivity index (χ0n) is 14.7. The van der Waals surface area contributed by atoms with Crippen LogP contribution in [-0.4, -0.2) is 23.8 Å². The van der Waals surface area contributed by atoms with Gasteiger partial charge in [0.1, 0.15) is 5.82 Å². The Morgan fingerprint density at radius 3 is 2.52 bits per heavy atom. The molecule has 0 amide bonds. The number of ether oxygens (including phenoxy) is 2. The second-order valence-electron chi connectivity index (χ2n) is 5.83. The lowest BCUT2D eigenvalue weighted by Gasteiger charge is -2.12. The quantitative estimate of drug-likeness (QED) is 0.685. The number of nitriles is 1. The molecule has 0 aliphatic heterocycles. The maximum absolute atomic E-state index is 9.37. The normalized spacial score (nSPS) is 10.6. The van der Waals surface area contributed by atoms with E-state index in [2.05, 4.69) is 17.6 Å². The zero-order valence-corrected chi connectivity index (χ0v) is 14.7. The zero-order chi connectivity index (χ0) is 17.8. The first-order valence-electron chi connectivity index (χ1n) is 8.31. The molecular weight excluding hydrogens is 314 g/mol. The van der Waals surface area contributed by atoms with E-state index in [1.54, 1.807) is 14.2 Å². The first kappa shape index (κ1) is 16.8. The molecule has 0 saturated heterocycles. The number of imidazole rings is 1. The molecule has 5 heteroatoms. The Kier molecular flexibility index (Phi) is 4.90. The Bertz CT molecular complexity index is 938. The number of benzene rings is 2. The lowest BCUT2D eigenvalue weighted by molar-refractivity contribution is 0.355. The van der Waals surface area contributed by atoms with E-state index in [1.165, 1.54) is 0 Å². The van der Waals surface area contributed by atoms with Crippen molar-refractivity contribution in [1.82, 2.24) is 9.55 Å². The molecule has 0 atom stereocenters. The van der Waals surface area contributed by atoms with Crippen LogP contribution in [0.4, 0.5) is 0 Å². The lowest BCUT2D eigenvalue weighted by Crippen LogP contribution is -2.06. The van der Waals surface area contributed by atoms with Gasteiger partial charge in [0.25, 0.3) is 0 Å². The number of aryl methyl sites for hydroxylation is 1. The third-order valence-electron chi connectivity index (χ3n) is 4.27. The van der Waals surface area contributed by atoms with Crippen LogP contribution in [0.5, 0.6) is 11.5 Å². The third kappa shape index (κ3) is 3.16. The van der Waals surface area contributed by atoms with E-state index in [4.69, 9.17) is 14.5 Å². The Morgan fingerprint density at radius 1 is 1.12 bits per heavy atom. The summed E-state index contributed by atoms with van der Waals surface area (Å²) >= 11 is 0. The molecule has 0 N–H and O–H groups in total. The summed E-state index contributed by atoms with van der Waals surface area (Å²) in [5.41, 5.74) is 3.52. The molecule has 0 saturated carbocycles. The molecule has 128 valence electrons. The van der Waals surface area contributed by atoms with Crippen molar-refractivity contribution in [3.63, 3.8) is 0 Å². The van der Waals surface area contributed by atoms with Crippen LogP contribution in [0.15, 0.2) is 36.4 Å². The van der Waals surface area contributed by atoms with Crippen LogP contribution in [0.25, 0.3) is 11.0 Å². The first-order valence-corrected chi connectivity index (χ1v) is 8.31. The Balaban J connectivity index is 2.17. The molecule has 0 bridgehead atoms. The fraction of sp³-hybridized carbons (Fsp3) is 0.300. The van der Waals surface area contributed by atoms with Gasteiger partial charge in [-0.05, 0) is 18.1 Å². The third-order valence-corrected chi connectivity index (χ3v) is 4.27. The van der Waals surface area contributed by atoms with Crippen LogP contribution in [0.1, 0.15) is 30.3 Å². The van der Waals surface area contributed by atoms with Crippen LogP contribution >= 0.6 is 0 Å². The summed E-state index contributed by atoms with van der Waals surface area (Å²) in [6.07, 6.45) is 1.87. The van der Waals surface area contributed by atoms with E-state index >= 15 is 0 Å². The van der Waals surface area contributed by atoms with Crippen molar-refractivity contribution in [3.8, 4) is 17.6 Å². The molecule has 3 aromatic rings. The smallest absolute Gasteiger partial charge is 0.163 e. The lowest BCUT2D eigenvalue weighted by atomic mass is 10.1. The maximum Gasteiger partial charge on any atom is 0.163 e. The van der Waals surface area contributed by atoms with Gasteiger partial charge in [0.05, 0.1) is 43.4 Å². The van der Waals surface area contributed by atoms with E-state index < -0.39 is 0 Å². The summed E-state index contributed by atoms with van der Waals surface area (Å²) < 4.78 is 13.0. The molecule has 5 nitrogen and oxygen atoms in total. The topological polar surface area (TPSA) is 60.1 Å². The summed E-state index contributed by atoms with van der Waals surface area (Å²) in [5.74, 6) is 2.34. The van der Waals surface area contributed by atoms with Crippen molar-refractivity contribution in [3.05, 3.63) is 53.3 Å². The van der Waals surface area contributed by atoms with Crippen LogP contribution in [-0.2, 0) is 13.0 Å². The highest BCUT2D eigenvalue weighted by molar-refractivity contribution is 5.81. The van der Waals surface area contributed by atoms with Crippen LogP contribution in [0, 0.1) is 11.3 Å². The van der Waals surface area contributed by atoms with Gasteiger partial charge in [-0.2, -0.15) is 5.26 Å². The molecule has 3 rings (SSSR count). The largest absolute Gasteiger partial charge is 0.493 e. The molecule has 0 aliphatic carbocycles. The Labute approximate surface area is 147 Å². The number of methoxy groups -OCH3 is 2. The monoisotopic (exact) mass is 335 g/mol. The maximum atomic E-state index is 9.37. The van der Waals surface area contributed by atoms with Crippen molar-refractivity contribution < 1.29 is 9.47 Å². The predicted octanol–water partition coefficient (Wildman–Crippen LogP) is 3.93. The number of hydrogen-bond acceptors (Lipinski definition) is 4. The van der Waals surface area contributed by atoms with E-state index in [0.29, 0.717) is 23.6 Å². The Morgan fingerprint density at radius 2 is 1.84 bits per heavy atom. The summed E-state index contributed by atoms with van der Waals surface area (Å²) in [5, 5.41) is 9.37. The fourth-order valence-corrected chi connectivity index (χ4v) is 3.03. The highest BCUT2D eigenvalue weighted by Gasteiger charge is 2.16. The molecule has 0 spiro atoms. The van der Waals surface area contributed by atoms with E-state index in [1.807, 2.05) is 36.4 Å².